The Morgan fingerprint density at radius 2 is 1.43 bits per heavy atom. The Morgan fingerprint density at radius 3 is 1.86 bits per heavy atom. The second-order valence-corrected chi connectivity index (χ2v) is 4.17. The van der Waals surface area contributed by atoms with Gasteiger partial charge in [0.05, 0.1) is 0 Å². The molecule has 0 unspecified atom stereocenters. The fraction of sp³-hybridized carbons (Fsp3) is 0.462. The van der Waals surface area contributed by atoms with Crippen LogP contribution in [0.2, 0.25) is 0 Å². The van der Waals surface area contributed by atoms with E-state index in [9.17, 15) is 0 Å². The molecule has 0 fully saturated rings. The molecule has 0 aliphatic rings. The number of nitrogens with zero attached hydrogens (tertiary/aromatic N) is 1. The summed E-state index contributed by atoms with van der Waals surface area (Å²) in [6.07, 6.45) is 2.23. The standard InChI is InChI=1S/C13H20N/c1-11(2)14(12(3)4)10-13-8-6-5-7-9-13/h5-12H,1-4H3/q+1. The van der Waals surface area contributed by atoms with E-state index in [0.29, 0.717) is 12.1 Å². The van der Waals surface area contributed by atoms with Crippen LogP contribution in [0.4, 0.5) is 0 Å². The van der Waals surface area contributed by atoms with E-state index in [0.717, 1.165) is 0 Å². The molecule has 0 amide bonds. The van der Waals surface area contributed by atoms with Crippen molar-refractivity contribution in [2.24, 2.45) is 0 Å². The van der Waals surface area contributed by atoms with Gasteiger partial charge >= 0.3 is 0 Å². The highest BCUT2D eigenvalue weighted by Crippen LogP contribution is 2.00. The SMILES string of the molecule is CC(C)[N+](=Cc1ccccc1)C(C)C. The van der Waals surface area contributed by atoms with Crippen LogP contribution in [-0.2, 0) is 0 Å². The Morgan fingerprint density at radius 1 is 0.929 bits per heavy atom. The number of hydrogen-bond donors (Lipinski definition) is 0. The lowest BCUT2D eigenvalue weighted by Crippen LogP contribution is -2.28. The Balaban J connectivity index is 2.94. The van der Waals surface area contributed by atoms with E-state index in [1.54, 1.807) is 0 Å². The summed E-state index contributed by atoms with van der Waals surface area (Å²) in [6, 6.07) is 11.6. The van der Waals surface area contributed by atoms with Crippen LogP contribution in [0.5, 0.6) is 0 Å². The molecule has 0 bridgehead atoms. The predicted octanol–water partition coefficient (Wildman–Crippen LogP) is 2.93. The summed E-state index contributed by atoms with van der Waals surface area (Å²) in [4.78, 5) is 0. The van der Waals surface area contributed by atoms with E-state index in [1.165, 1.54) is 5.56 Å². The zero-order valence-electron chi connectivity index (χ0n) is 9.57. The monoisotopic (exact) mass is 190 g/mol. The van der Waals surface area contributed by atoms with Crippen LogP contribution in [0.25, 0.3) is 0 Å². The van der Waals surface area contributed by atoms with Gasteiger partial charge < -0.3 is 0 Å². The molecule has 0 aliphatic carbocycles. The van der Waals surface area contributed by atoms with E-state index in [2.05, 4.69) is 62.8 Å². The van der Waals surface area contributed by atoms with Crippen molar-refractivity contribution in [3.8, 4) is 0 Å². The molecule has 1 rings (SSSR count). The molecule has 0 spiro atoms. The molecule has 0 saturated heterocycles. The third-order valence-corrected chi connectivity index (χ3v) is 2.29. The van der Waals surface area contributed by atoms with Crippen molar-refractivity contribution < 1.29 is 4.58 Å². The molecule has 0 N–H and O–H groups in total. The van der Waals surface area contributed by atoms with Gasteiger partial charge in [0, 0.05) is 5.56 Å². The Labute approximate surface area is 87.1 Å². The van der Waals surface area contributed by atoms with Gasteiger partial charge in [-0.1, -0.05) is 18.2 Å². The van der Waals surface area contributed by atoms with Crippen LogP contribution in [-0.4, -0.2) is 22.9 Å². The maximum absolute atomic E-state index is 2.37. The zero-order valence-corrected chi connectivity index (χ0v) is 9.57. The predicted molar refractivity (Wildman–Crippen MR) is 62.1 cm³/mol. The quantitative estimate of drug-likeness (QED) is 0.509. The average Bonchev–Trinajstić information content (AvgIpc) is 2.15. The molecule has 1 heteroatoms. The molecular weight excluding hydrogens is 170 g/mol. The van der Waals surface area contributed by atoms with Crippen LogP contribution < -0.4 is 0 Å². The Bertz CT molecular complexity index is 286. The van der Waals surface area contributed by atoms with E-state index >= 15 is 0 Å². The first-order valence-electron chi connectivity index (χ1n) is 5.28. The molecular formula is C13H20N+. The summed E-state index contributed by atoms with van der Waals surface area (Å²) in [7, 11) is 0. The molecule has 1 aromatic rings. The largest absolute Gasteiger partial charge is 0.231 e. The highest BCUT2D eigenvalue weighted by atomic mass is 15.0. The molecule has 0 aromatic heterocycles. The minimum absolute atomic E-state index is 0.551. The maximum atomic E-state index is 2.37. The summed E-state index contributed by atoms with van der Waals surface area (Å²) in [5.41, 5.74) is 1.27. The van der Waals surface area contributed by atoms with Crippen LogP contribution in [0, 0.1) is 0 Å². The minimum atomic E-state index is 0.551. The lowest BCUT2D eigenvalue weighted by atomic mass is 10.2. The van der Waals surface area contributed by atoms with E-state index < -0.39 is 0 Å². The summed E-state index contributed by atoms with van der Waals surface area (Å²) in [5, 5.41) is 0. The van der Waals surface area contributed by atoms with Gasteiger partial charge in [0.1, 0.15) is 12.1 Å². The molecule has 0 heterocycles. The summed E-state index contributed by atoms with van der Waals surface area (Å²) < 4.78 is 2.37. The minimum Gasteiger partial charge on any atom is -0.231 e. The molecule has 0 radical (unpaired) electrons. The first-order chi connectivity index (χ1) is 6.61. The van der Waals surface area contributed by atoms with Crippen LogP contribution >= 0.6 is 0 Å². The van der Waals surface area contributed by atoms with Crippen LogP contribution in [0.15, 0.2) is 30.3 Å². The van der Waals surface area contributed by atoms with Crippen molar-refractivity contribution in [1.29, 1.82) is 0 Å². The van der Waals surface area contributed by atoms with Gasteiger partial charge in [0.2, 0.25) is 0 Å². The van der Waals surface area contributed by atoms with Crippen molar-refractivity contribution in [2.75, 3.05) is 0 Å². The van der Waals surface area contributed by atoms with Crippen molar-refractivity contribution in [3.05, 3.63) is 35.9 Å². The van der Waals surface area contributed by atoms with Gasteiger partial charge in [-0.05, 0) is 39.8 Å². The first kappa shape index (κ1) is 11.0. The normalized spacial score (nSPS) is 10.7. The van der Waals surface area contributed by atoms with Gasteiger partial charge in [0.15, 0.2) is 6.21 Å². The van der Waals surface area contributed by atoms with Crippen molar-refractivity contribution in [2.45, 2.75) is 39.8 Å². The van der Waals surface area contributed by atoms with Gasteiger partial charge in [-0.25, -0.2) is 4.58 Å². The van der Waals surface area contributed by atoms with E-state index in [4.69, 9.17) is 0 Å². The number of benzene rings is 1. The lowest BCUT2D eigenvalue weighted by Gasteiger charge is -2.10. The van der Waals surface area contributed by atoms with Crippen molar-refractivity contribution in [1.82, 2.24) is 0 Å². The smallest absolute Gasteiger partial charge is 0.171 e. The molecule has 14 heavy (non-hydrogen) atoms. The fourth-order valence-corrected chi connectivity index (χ4v) is 1.61. The molecule has 0 aliphatic heterocycles. The van der Waals surface area contributed by atoms with E-state index in [1.807, 2.05) is 6.07 Å². The maximum Gasteiger partial charge on any atom is 0.171 e. The fourth-order valence-electron chi connectivity index (χ4n) is 1.61. The van der Waals surface area contributed by atoms with Gasteiger partial charge in [-0.2, -0.15) is 0 Å². The highest BCUT2D eigenvalue weighted by Gasteiger charge is 2.13. The molecule has 0 atom stereocenters. The molecule has 1 aromatic carbocycles. The third kappa shape index (κ3) is 2.99. The van der Waals surface area contributed by atoms with E-state index in [-0.39, 0.29) is 0 Å². The summed E-state index contributed by atoms with van der Waals surface area (Å²) in [5.74, 6) is 0. The van der Waals surface area contributed by atoms with Crippen LogP contribution in [0.3, 0.4) is 0 Å². The highest BCUT2D eigenvalue weighted by molar-refractivity contribution is 5.75. The average molecular weight is 190 g/mol. The summed E-state index contributed by atoms with van der Waals surface area (Å²) >= 11 is 0. The second kappa shape index (κ2) is 4.94. The Hall–Kier alpha value is -1.11. The lowest BCUT2D eigenvalue weighted by molar-refractivity contribution is -0.583. The van der Waals surface area contributed by atoms with Crippen molar-refractivity contribution in [3.63, 3.8) is 0 Å². The number of rotatable bonds is 3. The van der Waals surface area contributed by atoms with Crippen molar-refractivity contribution >= 4 is 6.21 Å². The molecule has 1 nitrogen and oxygen atoms in total. The second-order valence-electron chi connectivity index (χ2n) is 4.17. The van der Waals surface area contributed by atoms with Crippen LogP contribution in [0.1, 0.15) is 33.3 Å². The molecule has 0 saturated carbocycles. The third-order valence-electron chi connectivity index (χ3n) is 2.29. The van der Waals surface area contributed by atoms with Gasteiger partial charge in [0.25, 0.3) is 0 Å². The zero-order chi connectivity index (χ0) is 10.6. The van der Waals surface area contributed by atoms with Gasteiger partial charge in [-0.3, -0.25) is 0 Å². The van der Waals surface area contributed by atoms with Gasteiger partial charge in [-0.15, -0.1) is 0 Å². The number of hydrogen-bond acceptors (Lipinski definition) is 0. The first-order valence-corrected chi connectivity index (χ1v) is 5.28. The molecule has 76 valence electrons. The topological polar surface area (TPSA) is 3.01 Å². The summed E-state index contributed by atoms with van der Waals surface area (Å²) in [6.45, 7) is 8.89. The Kier molecular flexibility index (Phi) is 3.87.